The quantitative estimate of drug-likeness (QED) is 0.419. The third kappa shape index (κ3) is 4.24. The summed E-state index contributed by atoms with van der Waals surface area (Å²) in [6, 6.07) is 24.5. The van der Waals surface area contributed by atoms with Crippen molar-refractivity contribution in [1.82, 2.24) is 0 Å². The Kier molecular flexibility index (Phi) is 5.47. The van der Waals surface area contributed by atoms with Gasteiger partial charge in [0.05, 0.1) is 7.11 Å². The van der Waals surface area contributed by atoms with E-state index in [9.17, 15) is 4.79 Å². The molecule has 0 saturated heterocycles. The minimum Gasteiger partial charge on any atom is -0.490 e. The van der Waals surface area contributed by atoms with Crippen molar-refractivity contribution in [1.29, 1.82) is 0 Å². The summed E-state index contributed by atoms with van der Waals surface area (Å²) in [5.74, 6) is 1.25. The minimum atomic E-state index is -0.456. The monoisotopic (exact) mass is 388 g/mol. The van der Waals surface area contributed by atoms with Crippen LogP contribution in [0.1, 0.15) is 11.1 Å². The zero-order chi connectivity index (χ0) is 20.1. The molecule has 0 spiro atoms. The van der Waals surface area contributed by atoms with Crippen LogP contribution >= 0.6 is 0 Å². The molecule has 0 atom stereocenters. The third-order valence-electron chi connectivity index (χ3n) is 4.45. The number of ether oxygens (including phenoxy) is 3. The predicted molar refractivity (Wildman–Crippen MR) is 111 cm³/mol. The van der Waals surface area contributed by atoms with Crippen LogP contribution in [0.15, 0.2) is 88.1 Å². The molecule has 4 aromatic rings. The number of methoxy groups -OCH3 is 1. The van der Waals surface area contributed by atoms with Gasteiger partial charge in [-0.05, 0) is 23.3 Å². The minimum absolute atomic E-state index is 0.321. The first kappa shape index (κ1) is 18.6. The van der Waals surface area contributed by atoms with E-state index in [1.807, 2.05) is 60.7 Å². The predicted octanol–water partition coefficient (Wildman–Crippen LogP) is 4.96. The third-order valence-corrected chi connectivity index (χ3v) is 4.45. The van der Waals surface area contributed by atoms with Crippen LogP contribution in [0.2, 0.25) is 0 Å². The standard InChI is InChI=1S/C24H20O5/c1-26-24-22-19(12-13-21(25)29-22)14-20(27-15-17-8-4-2-5-9-17)23(24)28-16-18-10-6-3-7-11-18/h2-14H,15-16H2,1H3. The Balaban J connectivity index is 1.74. The van der Waals surface area contributed by atoms with Crippen molar-refractivity contribution in [2.45, 2.75) is 13.2 Å². The summed E-state index contributed by atoms with van der Waals surface area (Å²) in [6.45, 7) is 0.690. The highest BCUT2D eigenvalue weighted by Gasteiger charge is 2.20. The van der Waals surface area contributed by atoms with Gasteiger partial charge in [0.15, 0.2) is 11.3 Å². The molecule has 146 valence electrons. The topological polar surface area (TPSA) is 57.9 Å². The van der Waals surface area contributed by atoms with Crippen molar-refractivity contribution in [3.63, 3.8) is 0 Å². The summed E-state index contributed by atoms with van der Waals surface area (Å²) >= 11 is 0. The summed E-state index contributed by atoms with van der Waals surface area (Å²) in [7, 11) is 1.51. The summed E-state index contributed by atoms with van der Waals surface area (Å²) < 4.78 is 23.1. The smallest absolute Gasteiger partial charge is 0.336 e. The van der Waals surface area contributed by atoms with Crippen molar-refractivity contribution >= 4 is 11.0 Å². The van der Waals surface area contributed by atoms with E-state index in [-0.39, 0.29) is 0 Å². The van der Waals surface area contributed by atoms with Crippen LogP contribution in [0.3, 0.4) is 0 Å². The lowest BCUT2D eigenvalue weighted by Crippen LogP contribution is -2.04. The van der Waals surface area contributed by atoms with Crippen LogP contribution in [0.4, 0.5) is 0 Å². The van der Waals surface area contributed by atoms with Gasteiger partial charge in [-0.3, -0.25) is 0 Å². The van der Waals surface area contributed by atoms with E-state index >= 15 is 0 Å². The molecule has 0 aliphatic heterocycles. The molecule has 1 aromatic heterocycles. The van der Waals surface area contributed by atoms with Crippen molar-refractivity contribution in [2.24, 2.45) is 0 Å². The Hall–Kier alpha value is -3.73. The summed E-state index contributed by atoms with van der Waals surface area (Å²) in [4.78, 5) is 11.7. The fourth-order valence-electron chi connectivity index (χ4n) is 3.03. The Morgan fingerprint density at radius 2 is 1.38 bits per heavy atom. The van der Waals surface area contributed by atoms with Crippen molar-refractivity contribution < 1.29 is 18.6 Å². The average Bonchev–Trinajstić information content (AvgIpc) is 2.77. The molecule has 0 aliphatic carbocycles. The zero-order valence-electron chi connectivity index (χ0n) is 16.0. The van der Waals surface area contributed by atoms with Crippen LogP contribution in [0, 0.1) is 0 Å². The van der Waals surface area contributed by atoms with E-state index in [1.54, 1.807) is 12.1 Å². The molecule has 5 heteroatoms. The Morgan fingerprint density at radius 1 is 0.759 bits per heavy atom. The van der Waals surface area contributed by atoms with Gasteiger partial charge in [-0.25, -0.2) is 4.79 Å². The Bertz CT molecular complexity index is 1150. The molecule has 0 N–H and O–H groups in total. The summed E-state index contributed by atoms with van der Waals surface area (Å²) in [5, 5.41) is 0.691. The van der Waals surface area contributed by atoms with Crippen LogP contribution in [0.25, 0.3) is 11.0 Å². The molecule has 0 aliphatic rings. The number of hydrogen-bond acceptors (Lipinski definition) is 5. The summed E-state index contributed by atoms with van der Waals surface area (Å²) in [6.07, 6.45) is 0. The molecule has 0 radical (unpaired) electrons. The van der Waals surface area contributed by atoms with Gasteiger partial charge in [-0.1, -0.05) is 60.7 Å². The first-order chi connectivity index (χ1) is 14.2. The van der Waals surface area contributed by atoms with Gasteiger partial charge in [0.2, 0.25) is 11.5 Å². The van der Waals surface area contributed by atoms with Gasteiger partial charge in [-0.15, -0.1) is 0 Å². The highest BCUT2D eigenvalue weighted by molar-refractivity contribution is 5.88. The van der Waals surface area contributed by atoms with E-state index in [0.29, 0.717) is 41.4 Å². The van der Waals surface area contributed by atoms with Gasteiger partial charge < -0.3 is 18.6 Å². The number of benzene rings is 3. The molecule has 0 fully saturated rings. The molecule has 1 heterocycles. The van der Waals surface area contributed by atoms with Crippen LogP contribution in [-0.2, 0) is 13.2 Å². The molecule has 0 unspecified atom stereocenters. The number of fused-ring (bicyclic) bond motifs is 1. The first-order valence-electron chi connectivity index (χ1n) is 9.23. The molecule has 3 aromatic carbocycles. The normalized spacial score (nSPS) is 10.7. The number of rotatable bonds is 7. The molecule has 4 rings (SSSR count). The lowest BCUT2D eigenvalue weighted by atomic mass is 10.2. The molecular weight excluding hydrogens is 368 g/mol. The highest BCUT2D eigenvalue weighted by atomic mass is 16.5. The average molecular weight is 388 g/mol. The lowest BCUT2D eigenvalue weighted by molar-refractivity contribution is 0.244. The maximum absolute atomic E-state index is 11.7. The van der Waals surface area contributed by atoms with Crippen LogP contribution in [-0.4, -0.2) is 7.11 Å². The fourth-order valence-corrected chi connectivity index (χ4v) is 3.03. The molecular formula is C24H20O5. The van der Waals surface area contributed by atoms with Crippen LogP contribution in [0.5, 0.6) is 17.2 Å². The lowest BCUT2D eigenvalue weighted by Gasteiger charge is -2.17. The van der Waals surface area contributed by atoms with E-state index in [1.165, 1.54) is 13.2 Å². The molecule has 0 saturated carbocycles. The highest BCUT2D eigenvalue weighted by Crippen LogP contribution is 2.43. The fraction of sp³-hybridized carbons (Fsp3) is 0.125. The summed E-state index contributed by atoms with van der Waals surface area (Å²) in [5.41, 5.74) is 1.90. The van der Waals surface area contributed by atoms with Crippen molar-refractivity contribution in [3.8, 4) is 17.2 Å². The molecule has 0 amide bonds. The maximum atomic E-state index is 11.7. The first-order valence-corrected chi connectivity index (χ1v) is 9.23. The zero-order valence-corrected chi connectivity index (χ0v) is 16.0. The van der Waals surface area contributed by atoms with Crippen molar-refractivity contribution in [2.75, 3.05) is 7.11 Å². The van der Waals surface area contributed by atoms with E-state index in [2.05, 4.69) is 0 Å². The van der Waals surface area contributed by atoms with E-state index in [0.717, 1.165) is 11.1 Å². The van der Waals surface area contributed by atoms with Gasteiger partial charge in [0, 0.05) is 11.5 Å². The second kappa shape index (κ2) is 8.52. The largest absolute Gasteiger partial charge is 0.490 e. The molecule has 29 heavy (non-hydrogen) atoms. The van der Waals surface area contributed by atoms with Crippen molar-refractivity contribution in [3.05, 3.63) is 100 Å². The van der Waals surface area contributed by atoms with Gasteiger partial charge in [0.25, 0.3) is 0 Å². The number of hydrogen-bond donors (Lipinski definition) is 0. The second-order valence-electron chi connectivity index (χ2n) is 6.46. The molecule has 0 bridgehead atoms. The van der Waals surface area contributed by atoms with Crippen LogP contribution < -0.4 is 19.8 Å². The molecule has 5 nitrogen and oxygen atoms in total. The van der Waals surface area contributed by atoms with E-state index in [4.69, 9.17) is 18.6 Å². The second-order valence-corrected chi connectivity index (χ2v) is 6.46. The van der Waals surface area contributed by atoms with E-state index < -0.39 is 5.63 Å². The maximum Gasteiger partial charge on any atom is 0.336 e. The SMILES string of the molecule is COc1c(OCc2ccccc2)c(OCc2ccccc2)cc2ccc(=O)oc12. The Morgan fingerprint density at radius 3 is 2.00 bits per heavy atom. The Labute approximate surface area is 168 Å². The van der Waals surface area contributed by atoms with Gasteiger partial charge in [0.1, 0.15) is 13.2 Å². The van der Waals surface area contributed by atoms with Gasteiger partial charge >= 0.3 is 5.63 Å². The van der Waals surface area contributed by atoms with Gasteiger partial charge in [-0.2, -0.15) is 0 Å².